The Morgan fingerprint density at radius 3 is 2.65 bits per heavy atom. The monoisotopic (exact) mass is 276 g/mol. The van der Waals surface area contributed by atoms with Crippen molar-refractivity contribution in [2.45, 2.75) is 57.3 Å². The third-order valence-electron chi connectivity index (χ3n) is 2.25. The maximum atomic E-state index is 11.2. The van der Waals surface area contributed by atoms with Gasteiger partial charge in [0.05, 0.1) is 6.10 Å². The molecule has 0 aliphatic carbocycles. The van der Waals surface area contributed by atoms with Crippen molar-refractivity contribution in [3.05, 3.63) is 13.2 Å². The maximum absolute atomic E-state index is 11.2. The standard InChI is InChI=1S/C11H20O2S2.C2H4/c1-9(2)13-11(12)6-4-3-5-10-7-8-14-15-10;1-2/h9-10H,3-8H2,1-2H3;1-2H2/t10-;/m1./s1. The molecule has 0 amide bonds. The summed E-state index contributed by atoms with van der Waals surface area (Å²) in [7, 11) is 3.99. The van der Waals surface area contributed by atoms with Crippen molar-refractivity contribution >= 4 is 27.6 Å². The number of unbranched alkanes of at least 4 members (excludes halogenated alkanes) is 1. The first kappa shape index (κ1) is 16.9. The van der Waals surface area contributed by atoms with Crippen LogP contribution in [0.1, 0.15) is 46.0 Å². The Balaban J connectivity index is 0.00000121. The molecule has 1 saturated heterocycles. The molecule has 17 heavy (non-hydrogen) atoms. The van der Waals surface area contributed by atoms with Crippen molar-refractivity contribution in [1.29, 1.82) is 0 Å². The normalized spacial score (nSPS) is 18.6. The molecule has 0 aromatic heterocycles. The lowest BCUT2D eigenvalue weighted by atomic mass is 10.1. The van der Waals surface area contributed by atoms with E-state index in [-0.39, 0.29) is 12.1 Å². The number of carbonyl (C=O) groups is 1. The highest BCUT2D eigenvalue weighted by atomic mass is 33.1. The molecular formula is C13H24O2S2. The third kappa shape index (κ3) is 9.60. The Morgan fingerprint density at radius 2 is 2.12 bits per heavy atom. The average molecular weight is 276 g/mol. The van der Waals surface area contributed by atoms with E-state index in [9.17, 15) is 4.79 Å². The van der Waals surface area contributed by atoms with Crippen molar-refractivity contribution in [3.8, 4) is 0 Å². The first-order valence-electron chi connectivity index (χ1n) is 6.16. The van der Waals surface area contributed by atoms with Crippen LogP contribution in [-0.4, -0.2) is 23.1 Å². The first-order chi connectivity index (χ1) is 8.18. The van der Waals surface area contributed by atoms with E-state index in [1.54, 1.807) is 0 Å². The molecule has 0 unspecified atom stereocenters. The van der Waals surface area contributed by atoms with Gasteiger partial charge in [0.25, 0.3) is 0 Å². The van der Waals surface area contributed by atoms with Crippen molar-refractivity contribution < 1.29 is 9.53 Å². The minimum atomic E-state index is -0.0431. The van der Waals surface area contributed by atoms with E-state index in [2.05, 4.69) is 13.2 Å². The highest BCUT2D eigenvalue weighted by Crippen LogP contribution is 2.39. The van der Waals surface area contributed by atoms with Crippen LogP contribution in [0.3, 0.4) is 0 Å². The fourth-order valence-corrected chi connectivity index (χ4v) is 4.56. The van der Waals surface area contributed by atoms with Crippen LogP contribution < -0.4 is 0 Å². The quantitative estimate of drug-likeness (QED) is 0.310. The van der Waals surface area contributed by atoms with Gasteiger partial charge in [0.15, 0.2) is 0 Å². The molecule has 1 heterocycles. The molecule has 1 rings (SSSR count). The Bertz CT molecular complexity index is 202. The molecule has 1 aliphatic rings. The molecule has 1 atom stereocenters. The second kappa shape index (κ2) is 11.0. The molecule has 0 saturated carbocycles. The van der Waals surface area contributed by atoms with Gasteiger partial charge in [0.1, 0.15) is 0 Å². The van der Waals surface area contributed by atoms with Crippen molar-refractivity contribution in [1.82, 2.24) is 0 Å². The number of esters is 1. The van der Waals surface area contributed by atoms with Crippen LogP contribution >= 0.6 is 21.6 Å². The molecule has 100 valence electrons. The molecule has 0 spiro atoms. The molecule has 1 aliphatic heterocycles. The van der Waals surface area contributed by atoms with E-state index < -0.39 is 0 Å². The zero-order valence-corrected chi connectivity index (χ0v) is 12.6. The van der Waals surface area contributed by atoms with E-state index in [0.29, 0.717) is 6.42 Å². The highest BCUT2D eigenvalue weighted by Gasteiger charge is 2.15. The van der Waals surface area contributed by atoms with E-state index >= 15 is 0 Å². The van der Waals surface area contributed by atoms with Gasteiger partial charge in [-0.15, -0.1) is 13.2 Å². The second-order valence-corrected chi connectivity index (χ2v) is 6.90. The largest absolute Gasteiger partial charge is 0.463 e. The fourth-order valence-electron chi connectivity index (χ4n) is 1.53. The Morgan fingerprint density at radius 1 is 1.41 bits per heavy atom. The third-order valence-corrected chi connectivity index (χ3v) is 5.26. The molecule has 0 N–H and O–H groups in total. The number of ether oxygens (including phenoxy) is 1. The van der Waals surface area contributed by atoms with Crippen LogP contribution in [0.2, 0.25) is 0 Å². The van der Waals surface area contributed by atoms with Crippen LogP contribution in [-0.2, 0) is 9.53 Å². The fraction of sp³-hybridized carbons (Fsp3) is 0.769. The summed E-state index contributed by atoms with van der Waals surface area (Å²) in [4.78, 5) is 11.2. The Hall–Kier alpha value is -0.0900. The van der Waals surface area contributed by atoms with E-state index in [4.69, 9.17) is 4.74 Å². The van der Waals surface area contributed by atoms with E-state index in [1.807, 2.05) is 35.4 Å². The molecule has 1 fully saturated rings. The lowest BCUT2D eigenvalue weighted by Gasteiger charge is -2.08. The van der Waals surface area contributed by atoms with Gasteiger partial charge in [-0.3, -0.25) is 4.79 Å². The minimum absolute atomic E-state index is 0.0271. The SMILES string of the molecule is C=C.CC(C)OC(=O)CCCC[C@@H]1CCSS1. The molecule has 4 heteroatoms. The summed E-state index contributed by atoms with van der Waals surface area (Å²) < 4.78 is 5.07. The number of hydrogen-bond acceptors (Lipinski definition) is 4. The van der Waals surface area contributed by atoms with Gasteiger partial charge in [-0.2, -0.15) is 0 Å². The van der Waals surface area contributed by atoms with Gasteiger partial charge < -0.3 is 4.74 Å². The van der Waals surface area contributed by atoms with Crippen LogP contribution in [0.15, 0.2) is 13.2 Å². The summed E-state index contributed by atoms with van der Waals surface area (Å²) in [5.74, 6) is 1.25. The zero-order valence-electron chi connectivity index (χ0n) is 10.9. The molecule has 0 aromatic carbocycles. The summed E-state index contributed by atoms with van der Waals surface area (Å²) in [5.41, 5.74) is 0. The lowest BCUT2D eigenvalue weighted by Crippen LogP contribution is -2.11. The molecule has 0 radical (unpaired) electrons. The first-order valence-corrected chi connectivity index (χ1v) is 8.54. The van der Waals surface area contributed by atoms with Gasteiger partial charge in [-0.1, -0.05) is 28.0 Å². The predicted molar refractivity (Wildman–Crippen MR) is 79.4 cm³/mol. The summed E-state index contributed by atoms with van der Waals surface area (Å²) in [6.45, 7) is 9.79. The molecule has 0 aromatic rings. The summed E-state index contributed by atoms with van der Waals surface area (Å²) in [6, 6.07) is 0. The minimum Gasteiger partial charge on any atom is -0.463 e. The van der Waals surface area contributed by atoms with Gasteiger partial charge >= 0.3 is 5.97 Å². The average Bonchev–Trinajstić information content (AvgIpc) is 2.79. The predicted octanol–water partition coefficient (Wildman–Crippen LogP) is 4.45. The number of carbonyl (C=O) groups excluding carboxylic acids is 1. The topological polar surface area (TPSA) is 26.3 Å². The van der Waals surface area contributed by atoms with Gasteiger partial charge in [0, 0.05) is 17.4 Å². The molecule has 0 bridgehead atoms. The van der Waals surface area contributed by atoms with Crippen molar-refractivity contribution in [3.63, 3.8) is 0 Å². The van der Waals surface area contributed by atoms with Crippen LogP contribution in [0.25, 0.3) is 0 Å². The van der Waals surface area contributed by atoms with E-state index in [0.717, 1.165) is 18.1 Å². The van der Waals surface area contributed by atoms with Crippen molar-refractivity contribution in [2.24, 2.45) is 0 Å². The lowest BCUT2D eigenvalue weighted by molar-refractivity contribution is -0.147. The number of hydrogen-bond donors (Lipinski definition) is 0. The molecular weight excluding hydrogens is 252 g/mol. The summed E-state index contributed by atoms with van der Waals surface area (Å²) in [5, 5.41) is 0.830. The maximum Gasteiger partial charge on any atom is 0.306 e. The molecule has 2 nitrogen and oxygen atoms in total. The van der Waals surface area contributed by atoms with E-state index in [1.165, 1.54) is 18.6 Å². The van der Waals surface area contributed by atoms with Crippen LogP contribution in [0.5, 0.6) is 0 Å². The van der Waals surface area contributed by atoms with Gasteiger partial charge in [0.2, 0.25) is 0 Å². The Labute approximate surface area is 113 Å². The summed E-state index contributed by atoms with van der Waals surface area (Å²) >= 11 is 0. The van der Waals surface area contributed by atoms with Crippen LogP contribution in [0, 0.1) is 0 Å². The van der Waals surface area contributed by atoms with Crippen LogP contribution in [0.4, 0.5) is 0 Å². The Kier molecular flexibility index (Phi) is 11.0. The van der Waals surface area contributed by atoms with Gasteiger partial charge in [-0.05, 0) is 33.1 Å². The zero-order chi connectivity index (χ0) is 13.1. The number of rotatable bonds is 6. The second-order valence-electron chi connectivity index (χ2n) is 4.11. The summed E-state index contributed by atoms with van der Waals surface area (Å²) in [6.07, 6.45) is 5.35. The van der Waals surface area contributed by atoms with Crippen molar-refractivity contribution in [2.75, 3.05) is 5.75 Å². The van der Waals surface area contributed by atoms with Gasteiger partial charge in [-0.25, -0.2) is 0 Å². The smallest absolute Gasteiger partial charge is 0.306 e. The highest BCUT2D eigenvalue weighted by molar-refractivity contribution is 8.77.